The largest absolute Gasteiger partial charge is 0.458 e. The van der Waals surface area contributed by atoms with Crippen LogP contribution in [0.15, 0.2) is 54.6 Å². The summed E-state index contributed by atoms with van der Waals surface area (Å²) >= 11 is 0. The molecule has 0 aliphatic heterocycles. The molecule has 0 heterocycles. The van der Waals surface area contributed by atoms with Crippen LogP contribution in [0.25, 0.3) is 0 Å². The zero-order valence-electron chi connectivity index (χ0n) is 14.8. The average Bonchev–Trinajstić information content (AvgIpc) is 2.54. The SMILES string of the molecule is CC(C)(C)OC(=O)C(Cc1ccccc1)NC(=O)c1ccc(N)cc1. The van der Waals surface area contributed by atoms with Gasteiger partial charge in [0.2, 0.25) is 0 Å². The molecule has 0 aliphatic rings. The maximum absolute atomic E-state index is 12.5. The Morgan fingerprint density at radius 2 is 1.64 bits per heavy atom. The van der Waals surface area contributed by atoms with Crippen molar-refractivity contribution in [2.24, 2.45) is 0 Å². The second-order valence-electron chi connectivity index (χ2n) is 6.87. The van der Waals surface area contributed by atoms with Gasteiger partial charge in [-0.1, -0.05) is 30.3 Å². The topological polar surface area (TPSA) is 81.4 Å². The molecule has 0 fully saturated rings. The predicted octanol–water partition coefficient (Wildman–Crippen LogP) is 2.95. The Kier molecular flexibility index (Phi) is 5.80. The Balaban J connectivity index is 2.16. The van der Waals surface area contributed by atoms with Crippen LogP contribution < -0.4 is 11.1 Å². The molecule has 0 saturated heterocycles. The van der Waals surface area contributed by atoms with Crippen LogP contribution in [0.3, 0.4) is 0 Å². The molecule has 2 aromatic carbocycles. The third-order valence-electron chi connectivity index (χ3n) is 3.45. The Labute approximate surface area is 148 Å². The molecule has 25 heavy (non-hydrogen) atoms. The van der Waals surface area contributed by atoms with Crippen LogP contribution in [-0.4, -0.2) is 23.5 Å². The Morgan fingerprint density at radius 3 is 2.20 bits per heavy atom. The molecule has 0 bridgehead atoms. The number of anilines is 1. The van der Waals surface area contributed by atoms with E-state index in [1.54, 1.807) is 45.0 Å². The van der Waals surface area contributed by atoms with Crippen LogP contribution in [0.4, 0.5) is 5.69 Å². The van der Waals surface area contributed by atoms with Crippen molar-refractivity contribution in [3.8, 4) is 0 Å². The predicted molar refractivity (Wildman–Crippen MR) is 98.1 cm³/mol. The first-order chi connectivity index (χ1) is 11.7. The lowest BCUT2D eigenvalue weighted by atomic mass is 10.0. The highest BCUT2D eigenvalue weighted by Crippen LogP contribution is 2.13. The van der Waals surface area contributed by atoms with Gasteiger partial charge in [0, 0.05) is 17.7 Å². The molecule has 5 nitrogen and oxygen atoms in total. The van der Waals surface area contributed by atoms with E-state index in [0.29, 0.717) is 17.7 Å². The monoisotopic (exact) mass is 340 g/mol. The Bertz CT molecular complexity index is 719. The molecule has 1 unspecified atom stereocenters. The van der Waals surface area contributed by atoms with E-state index in [4.69, 9.17) is 10.5 Å². The van der Waals surface area contributed by atoms with Crippen molar-refractivity contribution in [2.45, 2.75) is 38.8 Å². The molecule has 1 atom stereocenters. The number of benzene rings is 2. The minimum absolute atomic E-state index is 0.341. The molecule has 2 rings (SSSR count). The normalized spacial score (nSPS) is 12.3. The summed E-state index contributed by atoms with van der Waals surface area (Å²) in [7, 11) is 0. The molecule has 0 radical (unpaired) electrons. The van der Waals surface area contributed by atoms with E-state index >= 15 is 0 Å². The summed E-state index contributed by atoms with van der Waals surface area (Å²) in [5, 5.41) is 2.77. The van der Waals surface area contributed by atoms with E-state index in [9.17, 15) is 9.59 Å². The van der Waals surface area contributed by atoms with Crippen LogP contribution in [-0.2, 0) is 16.0 Å². The maximum atomic E-state index is 12.5. The number of hydrogen-bond donors (Lipinski definition) is 2. The van der Waals surface area contributed by atoms with Gasteiger partial charge >= 0.3 is 5.97 Å². The molecule has 0 aromatic heterocycles. The quantitative estimate of drug-likeness (QED) is 0.648. The number of carbonyl (C=O) groups is 2. The second-order valence-corrected chi connectivity index (χ2v) is 6.87. The van der Waals surface area contributed by atoms with Gasteiger partial charge in [-0.05, 0) is 50.6 Å². The number of nitrogens with one attached hydrogen (secondary N) is 1. The summed E-state index contributed by atoms with van der Waals surface area (Å²) in [6, 6.07) is 15.3. The minimum Gasteiger partial charge on any atom is -0.458 e. The van der Waals surface area contributed by atoms with Crippen LogP contribution >= 0.6 is 0 Å². The average molecular weight is 340 g/mol. The van der Waals surface area contributed by atoms with Gasteiger partial charge in [-0.3, -0.25) is 4.79 Å². The summed E-state index contributed by atoms with van der Waals surface area (Å²) in [5.74, 6) is -0.799. The van der Waals surface area contributed by atoms with Crippen molar-refractivity contribution in [1.29, 1.82) is 0 Å². The van der Waals surface area contributed by atoms with Crippen LogP contribution in [0.2, 0.25) is 0 Å². The smallest absolute Gasteiger partial charge is 0.329 e. The zero-order valence-corrected chi connectivity index (χ0v) is 14.8. The first kappa shape index (κ1) is 18.5. The Hall–Kier alpha value is -2.82. The third kappa shape index (κ3) is 5.95. The highest BCUT2D eigenvalue weighted by atomic mass is 16.6. The highest BCUT2D eigenvalue weighted by molar-refractivity contribution is 5.97. The number of hydrogen-bond acceptors (Lipinski definition) is 4. The summed E-state index contributed by atoms with van der Waals surface area (Å²) < 4.78 is 5.45. The minimum atomic E-state index is -0.772. The molecule has 5 heteroatoms. The molecule has 3 N–H and O–H groups in total. The molecule has 0 aliphatic carbocycles. The molecule has 2 aromatic rings. The lowest BCUT2D eigenvalue weighted by Gasteiger charge is -2.24. The van der Waals surface area contributed by atoms with Crippen molar-refractivity contribution < 1.29 is 14.3 Å². The number of esters is 1. The van der Waals surface area contributed by atoms with E-state index in [2.05, 4.69) is 5.32 Å². The van der Waals surface area contributed by atoms with E-state index in [0.717, 1.165) is 5.56 Å². The lowest BCUT2D eigenvalue weighted by Crippen LogP contribution is -2.45. The number of ether oxygens (including phenoxy) is 1. The fraction of sp³-hybridized carbons (Fsp3) is 0.300. The molecule has 1 amide bonds. The third-order valence-corrected chi connectivity index (χ3v) is 3.45. The number of carbonyl (C=O) groups excluding carboxylic acids is 2. The van der Waals surface area contributed by atoms with Gasteiger partial charge < -0.3 is 15.8 Å². The van der Waals surface area contributed by atoms with Crippen molar-refractivity contribution in [3.05, 3.63) is 65.7 Å². The second kappa shape index (κ2) is 7.83. The summed E-state index contributed by atoms with van der Waals surface area (Å²) in [6.45, 7) is 5.39. The first-order valence-corrected chi connectivity index (χ1v) is 8.18. The van der Waals surface area contributed by atoms with E-state index < -0.39 is 17.6 Å². The van der Waals surface area contributed by atoms with E-state index in [1.165, 1.54) is 0 Å². The molecule has 0 spiro atoms. The first-order valence-electron chi connectivity index (χ1n) is 8.18. The van der Waals surface area contributed by atoms with E-state index in [1.807, 2.05) is 30.3 Å². The fourth-order valence-corrected chi connectivity index (χ4v) is 2.29. The number of rotatable bonds is 5. The number of nitrogens with two attached hydrogens (primary N) is 1. The molecular weight excluding hydrogens is 316 g/mol. The highest BCUT2D eigenvalue weighted by Gasteiger charge is 2.27. The zero-order chi connectivity index (χ0) is 18.4. The van der Waals surface area contributed by atoms with Gasteiger partial charge in [0.05, 0.1) is 0 Å². The van der Waals surface area contributed by atoms with Crippen LogP contribution in [0, 0.1) is 0 Å². The van der Waals surface area contributed by atoms with Gasteiger partial charge in [-0.2, -0.15) is 0 Å². The lowest BCUT2D eigenvalue weighted by molar-refractivity contribution is -0.157. The van der Waals surface area contributed by atoms with E-state index in [-0.39, 0.29) is 5.91 Å². The fourth-order valence-electron chi connectivity index (χ4n) is 2.29. The molecule has 0 saturated carbocycles. The van der Waals surface area contributed by atoms with Gasteiger partial charge in [0.25, 0.3) is 5.91 Å². The molecular formula is C20H24N2O3. The van der Waals surface area contributed by atoms with Crippen molar-refractivity contribution >= 4 is 17.6 Å². The maximum Gasteiger partial charge on any atom is 0.329 e. The van der Waals surface area contributed by atoms with Gasteiger partial charge in [-0.25, -0.2) is 4.79 Å². The van der Waals surface area contributed by atoms with Crippen LogP contribution in [0.1, 0.15) is 36.7 Å². The van der Waals surface area contributed by atoms with Gasteiger partial charge in [-0.15, -0.1) is 0 Å². The van der Waals surface area contributed by atoms with Crippen molar-refractivity contribution in [1.82, 2.24) is 5.32 Å². The van der Waals surface area contributed by atoms with Crippen LogP contribution in [0.5, 0.6) is 0 Å². The summed E-state index contributed by atoms with van der Waals surface area (Å²) in [5.41, 5.74) is 6.97. The van der Waals surface area contributed by atoms with Crippen molar-refractivity contribution in [3.63, 3.8) is 0 Å². The molecule has 132 valence electrons. The van der Waals surface area contributed by atoms with Gasteiger partial charge in [0.15, 0.2) is 0 Å². The van der Waals surface area contributed by atoms with Crippen molar-refractivity contribution in [2.75, 3.05) is 5.73 Å². The summed E-state index contributed by atoms with van der Waals surface area (Å²) in [4.78, 5) is 25.0. The standard InChI is InChI=1S/C20H24N2O3/c1-20(2,3)25-19(24)17(13-14-7-5-4-6-8-14)22-18(23)15-9-11-16(21)12-10-15/h4-12,17H,13,21H2,1-3H3,(H,22,23). The Morgan fingerprint density at radius 1 is 1.04 bits per heavy atom. The number of amides is 1. The number of nitrogen functional groups attached to an aromatic ring is 1. The summed E-state index contributed by atoms with van der Waals surface area (Å²) in [6.07, 6.45) is 0.358. The van der Waals surface area contributed by atoms with Gasteiger partial charge in [0.1, 0.15) is 11.6 Å².